The van der Waals surface area contributed by atoms with Crippen molar-refractivity contribution in [2.75, 3.05) is 0 Å². The molecule has 1 aromatic rings. The molecule has 1 unspecified atom stereocenters. The van der Waals surface area contributed by atoms with Gasteiger partial charge in [-0.3, -0.25) is 0 Å². The molecule has 0 bridgehead atoms. The zero-order valence-electron chi connectivity index (χ0n) is 10.6. The van der Waals surface area contributed by atoms with Gasteiger partial charge in [0.15, 0.2) is 0 Å². The van der Waals surface area contributed by atoms with Crippen LogP contribution in [0.1, 0.15) is 49.3 Å². The molecule has 1 fully saturated rings. The molecular weight excluding hydrogens is 196 g/mol. The SMILES string of the molecule is Cc1ccc(C)c(C(C)(O)C2CCCC2)c1. The zero-order valence-corrected chi connectivity index (χ0v) is 10.6. The van der Waals surface area contributed by atoms with Gasteiger partial charge in [0.2, 0.25) is 0 Å². The molecule has 0 spiro atoms. The van der Waals surface area contributed by atoms with Crippen LogP contribution in [0.5, 0.6) is 0 Å². The van der Waals surface area contributed by atoms with Crippen LogP contribution >= 0.6 is 0 Å². The Morgan fingerprint density at radius 3 is 2.44 bits per heavy atom. The molecule has 1 nitrogen and oxygen atoms in total. The van der Waals surface area contributed by atoms with Crippen molar-refractivity contribution in [2.24, 2.45) is 5.92 Å². The van der Waals surface area contributed by atoms with Crippen LogP contribution in [0.15, 0.2) is 18.2 Å². The minimum atomic E-state index is -0.646. The molecule has 1 aromatic carbocycles. The van der Waals surface area contributed by atoms with Crippen molar-refractivity contribution in [1.82, 2.24) is 0 Å². The molecule has 1 aliphatic rings. The summed E-state index contributed by atoms with van der Waals surface area (Å²) in [7, 11) is 0. The maximum atomic E-state index is 10.8. The van der Waals surface area contributed by atoms with Gasteiger partial charge >= 0.3 is 0 Å². The molecule has 16 heavy (non-hydrogen) atoms. The first kappa shape index (κ1) is 11.7. The van der Waals surface area contributed by atoms with E-state index in [1.54, 1.807) is 0 Å². The summed E-state index contributed by atoms with van der Waals surface area (Å²) in [6.45, 7) is 6.18. The Morgan fingerprint density at radius 1 is 1.19 bits per heavy atom. The average Bonchev–Trinajstić information content (AvgIpc) is 2.75. The summed E-state index contributed by atoms with van der Waals surface area (Å²) < 4.78 is 0. The summed E-state index contributed by atoms with van der Waals surface area (Å²) in [4.78, 5) is 0. The first-order chi connectivity index (χ1) is 7.51. The van der Waals surface area contributed by atoms with Crippen molar-refractivity contribution < 1.29 is 5.11 Å². The van der Waals surface area contributed by atoms with Crippen LogP contribution in [-0.2, 0) is 5.60 Å². The van der Waals surface area contributed by atoms with E-state index in [0.29, 0.717) is 5.92 Å². The number of hydrogen-bond acceptors (Lipinski definition) is 1. The normalized spacial score (nSPS) is 21.0. The standard InChI is InChI=1S/C15H22O/c1-11-8-9-12(2)14(10-11)15(3,16)13-6-4-5-7-13/h8-10,13,16H,4-7H2,1-3H3. The summed E-state index contributed by atoms with van der Waals surface area (Å²) in [5.41, 5.74) is 2.92. The number of benzene rings is 1. The topological polar surface area (TPSA) is 20.2 Å². The number of rotatable bonds is 2. The van der Waals surface area contributed by atoms with E-state index in [0.717, 1.165) is 5.56 Å². The minimum Gasteiger partial charge on any atom is -0.385 e. The van der Waals surface area contributed by atoms with Crippen molar-refractivity contribution in [2.45, 2.75) is 52.1 Å². The van der Waals surface area contributed by atoms with Crippen LogP contribution in [0, 0.1) is 19.8 Å². The van der Waals surface area contributed by atoms with Gasteiger partial charge in [0.1, 0.15) is 0 Å². The van der Waals surface area contributed by atoms with Gasteiger partial charge in [0.05, 0.1) is 5.60 Å². The summed E-state index contributed by atoms with van der Waals surface area (Å²) >= 11 is 0. The lowest BCUT2D eigenvalue weighted by Crippen LogP contribution is -2.31. The molecule has 88 valence electrons. The van der Waals surface area contributed by atoms with Crippen molar-refractivity contribution in [1.29, 1.82) is 0 Å². The van der Waals surface area contributed by atoms with Crippen molar-refractivity contribution in [3.8, 4) is 0 Å². The fraction of sp³-hybridized carbons (Fsp3) is 0.600. The van der Waals surface area contributed by atoms with Crippen LogP contribution in [0.4, 0.5) is 0 Å². The molecule has 1 saturated carbocycles. The van der Waals surface area contributed by atoms with Crippen LogP contribution in [0.2, 0.25) is 0 Å². The van der Waals surface area contributed by atoms with Gasteiger partial charge in [-0.15, -0.1) is 0 Å². The summed E-state index contributed by atoms with van der Waals surface area (Å²) in [5.74, 6) is 0.438. The van der Waals surface area contributed by atoms with Gasteiger partial charge in [-0.05, 0) is 50.7 Å². The highest BCUT2D eigenvalue weighted by molar-refractivity contribution is 5.35. The predicted octanol–water partition coefficient (Wildman–Crippen LogP) is 3.70. The van der Waals surface area contributed by atoms with Gasteiger partial charge in [0, 0.05) is 0 Å². The molecule has 2 rings (SSSR count). The zero-order chi connectivity index (χ0) is 11.8. The molecule has 0 amide bonds. The smallest absolute Gasteiger partial charge is 0.0899 e. The lowest BCUT2D eigenvalue weighted by Gasteiger charge is -2.32. The minimum absolute atomic E-state index is 0.438. The Labute approximate surface area is 98.5 Å². The van der Waals surface area contributed by atoms with E-state index in [2.05, 4.69) is 32.0 Å². The molecule has 0 aromatic heterocycles. The molecule has 1 aliphatic carbocycles. The van der Waals surface area contributed by atoms with Gasteiger partial charge < -0.3 is 5.11 Å². The lowest BCUT2D eigenvalue weighted by molar-refractivity contribution is -0.00392. The lowest BCUT2D eigenvalue weighted by atomic mass is 9.79. The van der Waals surface area contributed by atoms with Crippen LogP contribution < -0.4 is 0 Å². The fourth-order valence-electron chi connectivity index (χ4n) is 2.99. The Hall–Kier alpha value is -0.820. The first-order valence-corrected chi connectivity index (χ1v) is 6.32. The van der Waals surface area contributed by atoms with Gasteiger partial charge in [-0.25, -0.2) is 0 Å². The van der Waals surface area contributed by atoms with E-state index in [9.17, 15) is 5.11 Å². The van der Waals surface area contributed by atoms with Gasteiger partial charge in [0.25, 0.3) is 0 Å². The fourth-order valence-corrected chi connectivity index (χ4v) is 2.99. The van der Waals surface area contributed by atoms with Crippen LogP contribution in [-0.4, -0.2) is 5.11 Å². The molecule has 0 saturated heterocycles. The monoisotopic (exact) mass is 218 g/mol. The Kier molecular flexibility index (Phi) is 3.07. The third-order valence-corrected chi connectivity index (χ3v) is 4.09. The molecule has 1 atom stereocenters. The van der Waals surface area contributed by atoms with E-state index in [1.807, 2.05) is 6.92 Å². The highest BCUT2D eigenvalue weighted by Crippen LogP contribution is 2.41. The van der Waals surface area contributed by atoms with Crippen LogP contribution in [0.3, 0.4) is 0 Å². The number of aryl methyl sites for hydroxylation is 2. The second kappa shape index (κ2) is 4.21. The van der Waals surface area contributed by atoms with E-state index in [1.165, 1.54) is 36.8 Å². The Bertz CT molecular complexity index is 373. The third-order valence-electron chi connectivity index (χ3n) is 4.09. The molecule has 0 heterocycles. The first-order valence-electron chi connectivity index (χ1n) is 6.32. The van der Waals surface area contributed by atoms with Gasteiger partial charge in [-0.1, -0.05) is 36.6 Å². The largest absolute Gasteiger partial charge is 0.385 e. The third kappa shape index (κ3) is 2.01. The van der Waals surface area contributed by atoms with Crippen molar-refractivity contribution in [3.63, 3.8) is 0 Å². The highest BCUT2D eigenvalue weighted by Gasteiger charge is 2.36. The molecule has 0 aliphatic heterocycles. The summed E-state index contributed by atoms with van der Waals surface area (Å²) in [6.07, 6.45) is 4.87. The second-order valence-corrected chi connectivity index (χ2v) is 5.45. The van der Waals surface area contributed by atoms with E-state index < -0.39 is 5.60 Å². The number of hydrogen-bond donors (Lipinski definition) is 1. The van der Waals surface area contributed by atoms with E-state index >= 15 is 0 Å². The van der Waals surface area contributed by atoms with Crippen molar-refractivity contribution in [3.05, 3.63) is 34.9 Å². The summed E-state index contributed by atoms with van der Waals surface area (Å²) in [5, 5.41) is 10.8. The Morgan fingerprint density at radius 2 is 1.81 bits per heavy atom. The molecular formula is C15H22O. The Balaban J connectivity index is 2.37. The molecule has 1 N–H and O–H groups in total. The molecule has 1 heteroatoms. The van der Waals surface area contributed by atoms with Crippen molar-refractivity contribution >= 4 is 0 Å². The number of aliphatic hydroxyl groups is 1. The highest BCUT2D eigenvalue weighted by atomic mass is 16.3. The van der Waals surface area contributed by atoms with Gasteiger partial charge in [-0.2, -0.15) is 0 Å². The maximum absolute atomic E-state index is 10.8. The average molecular weight is 218 g/mol. The maximum Gasteiger partial charge on any atom is 0.0899 e. The summed E-state index contributed by atoms with van der Waals surface area (Å²) in [6, 6.07) is 6.38. The van der Waals surface area contributed by atoms with E-state index in [-0.39, 0.29) is 0 Å². The second-order valence-electron chi connectivity index (χ2n) is 5.45. The molecule has 0 radical (unpaired) electrons. The van der Waals surface area contributed by atoms with E-state index in [4.69, 9.17) is 0 Å². The van der Waals surface area contributed by atoms with Crippen LogP contribution in [0.25, 0.3) is 0 Å². The predicted molar refractivity (Wildman–Crippen MR) is 67.4 cm³/mol. The quantitative estimate of drug-likeness (QED) is 0.802.